The second-order valence-electron chi connectivity index (χ2n) is 7.53. The molecule has 1 aromatic heterocycles. The van der Waals surface area contributed by atoms with Crippen molar-refractivity contribution in [3.8, 4) is 11.8 Å². The first-order chi connectivity index (χ1) is 15.0. The van der Waals surface area contributed by atoms with Gasteiger partial charge in [0.15, 0.2) is 0 Å². The summed E-state index contributed by atoms with van der Waals surface area (Å²) in [6.07, 6.45) is -0.869. The fourth-order valence-electron chi connectivity index (χ4n) is 3.83. The Bertz CT molecular complexity index is 1150. The summed E-state index contributed by atoms with van der Waals surface area (Å²) >= 11 is 0. The van der Waals surface area contributed by atoms with Crippen molar-refractivity contribution in [2.75, 3.05) is 13.2 Å². The van der Waals surface area contributed by atoms with Crippen LogP contribution in [0.5, 0.6) is 11.8 Å². The number of ether oxygens (including phenoxy) is 3. The predicted octanol–water partition coefficient (Wildman–Crippen LogP) is 1.46. The molecule has 0 radical (unpaired) electrons. The summed E-state index contributed by atoms with van der Waals surface area (Å²) in [5.74, 6) is 0.602. The molecular weight excluding hydrogens is 422 g/mol. The number of sulfonamides is 1. The molecule has 0 saturated carbocycles. The third-order valence-corrected chi connectivity index (χ3v) is 6.90. The van der Waals surface area contributed by atoms with Crippen LogP contribution in [0.1, 0.15) is 11.6 Å². The van der Waals surface area contributed by atoms with Crippen LogP contribution in [0.2, 0.25) is 0 Å². The molecule has 5 rings (SSSR count). The fourth-order valence-corrected chi connectivity index (χ4v) is 5.06. The van der Waals surface area contributed by atoms with Crippen LogP contribution < -0.4 is 9.46 Å². The van der Waals surface area contributed by atoms with E-state index in [4.69, 9.17) is 14.2 Å². The van der Waals surface area contributed by atoms with E-state index in [9.17, 15) is 8.42 Å². The number of fused-ring (bicyclic) bond motifs is 1. The fraction of sp³-hybridized carbons (Fsp3) is 0.350. The van der Waals surface area contributed by atoms with Crippen molar-refractivity contribution < 1.29 is 22.6 Å². The van der Waals surface area contributed by atoms with E-state index in [0.29, 0.717) is 5.75 Å². The molecule has 11 heteroatoms. The van der Waals surface area contributed by atoms with Gasteiger partial charge >= 0.3 is 6.01 Å². The van der Waals surface area contributed by atoms with Crippen molar-refractivity contribution in [2.24, 2.45) is 0 Å². The van der Waals surface area contributed by atoms with Gasteiger partial charge in [-0.2, -0.15) is 4.68 Å². The Kier molecular flexibility index (Phi) is 5.18. The maximum atomic E-state index is 12.8. The first kappa shape index (κ1) is 20.1. The van der Waals surface area contributed by atoms with Gasteiger partial charge in [-0.15, -0.1) is 0 Å². The summed E-state index contributed by atoms with van der Waals surface area (Å²) in [4.78, 5) is 0.204. The lowest BCUT2D eigenvalue weighted by atomic mass is 10.1. The molecule has 1 N–H and O–H groups in total. The Labute approximate surface area is 179 Å². The third kappa shape index (κ3) is 3.92. The van der Waals surface area contributed by atoms with Crippen molar-refractivity contribution in [2.45, 2.75) is 36.1 Å². The van der Waals surface area contributed by atoms with Crippen LogP contribution >= 0.6 is 0 Å². The topological polar surface area (TPSA) is 117 Å². The molecule has 4 unspecified atom stereocenters. The van der Waals surface area contributed by atoms with Crippen molar-refractivity contribution in [1.82, 2.24) is 24.9 Å². The Hall–Kier alpha value is -2.86. The standard InChI is InChI=1S/C20H21N5O5S/c1-13-7-9-15(10-8-13)31(26,27)22-16-11-28-19-17(12-29-18(16)19)25-20(21-23-24-25)30-14-5-3-2-4-6-14/h2-10,16-19,22H,11-12H2,1H3. The molecule has 3 aromatic rings. The van der Waals surface area contributed by atoms with Crippen molar-refractivity contribution >= 4 is 10.0 Å². The first-order valence-electron chi connectivity index (χ1n) is 9.84. The lowest BCUT2D eigenvalue weighted by molar-refractivity contribution is 0.0615. The lowest BCUT2D eigenvalue weighted by Gasteiger charge is -2.18. The van der Waals surface area contributed by atoms with Gasteiger partial charge < -0.3 is 14.2 Å². The normalized spacial score (nSPS) is 25.5. The van der Waals surface area contributed by atoms with Gasteiger partial charge in [-0.3, -0.25) is 0 Å². The zero-order chi connectivity index (χ0) is 21.4. The molecule has 3 heterocycles. The second kappa shape index (κ2) is 8.00. The summed E-state index contributed by atoms with van der Waals surface area (Å²) in [5, 5.41) is 11.7. The van der Waals surface area contributed by atoms with Crippen molar-refractivity contribution in [1.29, 1.82) is 0 Å². The molecule has 0 spiro atoms. The van der Waals surface area contributed by atoms with E-state index in [2.05, 4.69) is 20.2 Å². The maximum Gasteiger partial charge on any atom is 0.341 e. The van der Waals surface area contributed by atoms with Crippen molar-refractivity contribution in [3.63, 3.8) is 0 Å². The van der Waals surface area contributed by atoms with Crippen LogP contribution in [0.15, 0.2) is 59.5 Å². The maximum absolute atomic E-state index is 12.8. The van der Waals surface area contributed by atoms with Crippen molar-refractivity contribution in [3.05, 3.63) is 60.2 Å². The number of benzene rings is 2. The van der Waals surface area contributed by atoms with E-state index in [-0.39, 0.29) is 30.2 Å². The van der Waals surface area contributed by atoms with E-state index in [0.717, 1.165) is 5.56 Å². The Morgan fingerprint density at radius 3 is 2.55 bits per heavy atom. The highest BCUT2D eigenvalue weighted by Gasteiger charge is 2.50. The van der Waals surface area contributed by atoms with Crippen LogP contribution in [0.3, 0.4) is 0 Å². The summed E-state index contributed by atoms with van der Waals surface area (Å²) in [6.45, 7) is 2.36. The van der Waals surface area contributed by atoms with Gasteiger partial charge in [-0.05, 0) is 41.6 Å². The number of aryl methyl sites for hydroxylation is 1. The van der Waals surface area contributed by atoms with Gasteiger partial charge in [0.2, 0.25) is 10.0 Å². The van der Waals surface area contributed by atoms with Gasteiger partial charge in [-0.25, -0.2) is 13.1 Å². The number of para-hydroxylation sites is 1. The molecule has 162 valence electrons. The minimum Gasteiger partial charge on any atom is -0.423 e. The van der Waals surface area contributed by atoms with E-state index in [1.54, 1.807) is 36.4 Å². The van der Waals surface area contributed by atoms with E-state index in [1.165, 1.54) is 4.68 Å². The second-order valence-corrected chi connectivity index (χ2v) is 9.24. The number of nitrogens with zero attached hydrogens (tertiary/aromatic N) is 4. The van der Waals surface area contributed by atoms with E-state index < -0.39 is 28.3 Å². The molecule has 0 amide bonds. The van der Waals surface area contributed by atoms with Gasteiger partial charge in [0.05, 0.1) is 24.2 Å². The molecule has 2 saturated heterocycles. The van der Waals surface area contributed by atoms with Crippen LogP contribution in [0, 0.1) is 6.92 Å². The molecule has 10 nitrogen and oxygen atoms in total. The highest BCUT2D eigenvalue weighted by molar-refractivity contribution is 7.89. The van der Waals surface area contributed by atoms with Gasteiger partial charge in [-0.1, -0.05) is 41.0 Å². The molecule has 2 aromatic carbocycles. The highest BCUT2D eigenvalue weighted by Crippen LogP contribution is 2.36. The average molecular weight is 443 g/mol. The number of hydrogen-bond donors (Lipinski definition) is 1. The molecule has 2 aliphatic heterocycles. The highest BCUT2D eigenvalue weighted by atomic mass is 32.2. The zero-order valence-electron chi connectivity index (χ0n) is 16.7. The third-order valence-electron chi connectivity index (χ3n) is 5.39. The first-order valence-corrected chi connectivity index (χ1v) is 11.3. The zero-order valence-corrected chi connectivity index (χ0v) is 17.5. The molecule has 0 aliphatic carbocycles. The number of tetrazole rings is 1. The minimum absolute atomic E-state index is 0.188. The van der Waals surface area contributed by atoms with Gasteiger partial charge in [0.25, 0.3) is 0 Å². The largest absolute Gasteiger partial charge is 0.423 e. The van der Waals surface area contributed by atoms with Crippen LogP contribution in [-0.4, -0.2) is 60.1 Å². The number of aromatic nitrogens is 4. The SMILES string of the molecule is Cc1ccc(S(=O)(=O)NC2COC3C2OCC3n2nnnc2Oc2ccccc2)cc1. The Balaban J connectivity index is 1.31. The van der Waals surface area contributed by atoms with Gasteiger partial charge in [0, 0.05) is 0 Å². The summed E-state index contributed by atoms with van der Waals surface area (Å²) in [7, 11) is -3.70. The smallest absolute Gasteiger partial charge is 0.341 e. The summed E-state index contributed by atoms with van der Waals surface area (Å²) in [5.41, 5.74) is 0.986. The predicted molar refractivity (Wildman–Crippen MR) is 108 cm³/mol. The molecule has 4 atom stereocenters. The number of nitrogens with one attached hydrogen (secondary N) is 1. The molecular formula is C20H21N5O5S. The van der Waals surface area contributed by atoms with Crippen LogP contribution in [0.25, 0.3) is 0 Å². The van der Waals surface area contributed by atoms with Gasteiger partial charge in [0.1, 0.15) is 24.0 Å². The summed E-state index contributed by atoms with van der Waals surface area (Å²) < 4.78 is 47.4. The average Bonchev–Trinajstić information content (AvgIpc) is 3.47. The van der Waals surface area contributed by atoms with Crippen LogP contribution in [0.4, 0.5) is 0 Å². The number of hydrogen-bond acceptors (Lipinski definition) is 8. The Morgan fingerprint density at radius 2 is 1.77 bits per heavy atom. The molecule has 31 heavy (non-hydrogen) atoms. The lowest BCUT2D eigenvalue weighted by Crippen LogP contribution is -2.44. The molecule has 2 fully saturated rings. The summed E-state index contributed by atoms with van der Waals surface area (Å²) in [6, 6.07) is 15.2. The quantitative estimate of drug-likeness (QED) is 0.609. The minimum atomic E-state index is -3.70. The van der Waals surface area contributed by atoms with E-state index >= 15 is 0 Å². The Morgan fingerprint density at radius 1 is 1.03 bits per heavy atom. The van der Waals surface area contributed by atoms with Crippen LogP contribution in [-0.2, 0) is 19.5 Å². The number of rotatable bonds is 6. The monoisotopic (exact) mass is 443 g/mol. The van der Waals surface area contributed by atoms with E-state index in [1.807, 2.05) is 25.1 Å². The molecule has 2 aliphatic rings. The molecule has 0 bridgehead atoms.